The zero-order valence-corrected chi connectivity index (χ0v) is 14.0. The number of rotatable bonds is 2. The number of carbonyl (C=O) groups is 2. The van der Waals surface area contributed by atoms with E-state index in [9.17, 15) is 19.8 Å². The summed E-state index contributed by atoms with van der Waals surface area (Å²) in [6.07, 6.45) is 0. The molecule has 0 saturated carbocycles. The van der Waals surface area contributed by atoms with Crippen LogP contribution in [0.1, 0.15) is 20.7 Å². The van der Waals surface area contributed by atoms with E-state index >= 15 is 0 Å². The highest BCUT2D eigenvalue weighted by Gasteiger charge is 2.16. The zero-order chi connectivity index (χ0) is 19.0. The van der Waals surface area contributed by atoms with E-state index in [2.05, 4.69) is 0 Å². The van der Waals surface area contributed by atoms with Gasteiger partial charge in [0.05, 0.1) is 11.1 Å². The van der Waals surface area contributed by atoms with Gasteiger partial charge in [0.1, 0.15) is 11.5 Å². The number of carbonyl (C=O) groups excluding carboxylic acids is 2. The summed E-state index contributed by atoms with van der Waals surface area (Å²) in [7, 11) is 0. The van der Waals surface area contributed by atoms with Crippen molar-refractivity contribution in [2.75, 3.05) is 0 Å². The summed E-state index contributed by atoms with van der Waals surface area (Å²) in [5.41, 5.74) is 0.486. The molecule has 4 aromatic carbocycles. The molecule has 27 heavy (non-hydrogen) atoms. The van der Waals surface area contributed by atoms with Crippen molar-refractivity contribution in [1.29, 1.82) is 0 Å². The Morgan fingerprint density at radius 1 is 0.556 bits per heavy atom. The highest BCUT2D eigenvalue weighted by molar-refractivity contribution is 6.05. The quantitative estimate of drug-likeness (QED) is 0.410. The average molecular weight is 358 g/mol. The molecule has 0 amide bonds. The summed E-state index contributed by atoms with van der Waals surface area (Å²) in [6.45, 7) is 0. The second-order valence-corrected chi connectivity index (χ2v) is 6.17. The van der Waals surface area contributed by atoms with Crippen LogP contribution in [0.15, 0.2) is 72.8 Å². The van der Waals surface area contributed by atoms with E-state index in [1.54, 1.807) is 60.7 Å². The van der Waals surface area contributed by atoms with E-state index in [0.717, 1.165) is 21.5 Å². The molecule has 5 heteroatoms. The lowest BCUT2D eigenvalue weighted by molar-refractivity contribution is 0.0398. The minimum atomic E-state index is -0.749. The van der Waals surface area contributed by atoms with Crippen LogP contribution in [0.2, 0.25) is 0 Å². The molecule has 0 heterocycles. The van der Waals surface area contributed by atoms with E-state index < -0.39 is 11.9 Å². The van der Waals surface area contributed by atoms with E-state index in [-0.39, 0.29) is 22.6 Å². The minimum Gasteiger partial charge on any atom is -0.508 e. The van der Waals surface area contributed by atoms with Crippen LogP contribution in [0.4, 0.5) is 0 Å². The first-order chi connectivity index (χ1) is 13.0. The standard InChI is InChI=1S/C22H14O5/c23-19-7-5-13-9-17(3-1-15(13)11-19)21(25)27-22(26)18-4-2-16-12-20(24)8-6-14(16)10-18/h1-12,23-24H. The van der Waals surface area contributed by atoms with Crippen LogP contribution in [-0.4, -0.2) is 22.2 Å². The summed E-state index contributed by atoms with van der Waals surface area (Å²) in [6, 6.07) is 19.2. The Hall–Kier alpha value is -3.86. The van der Waals surface area contributed by atoms with Gasteiger partial charge < -0.3 is 14.9 Å². The monoisotopic (exact) mass is 358 g/mol. The molecule has 0 fully saturated rings. The van der Waals surface area contributed by atoms with Crippen LogP contribution >= 0.6 is 0 Å². The van der Waals surface area contributed by atoms with Gasteiger partial charge in [0.25, 0.3) is 0 Å². The van der Waals surface area contributed by atoms with Gasteiger partial charge in [-0.3, -0.25) is 0 Å². The maximum Gasteiger partial charge on any atom is 0.346 e. The number of hydrogen-bond acceptors (Lipinski definition) is 5. The second-order valence-electron chi connectivity index (χ2n) is 6.17. The molecule has 4 aromatic rings. The van der Waals surface area contributed by atoms with Gasteiger partial charge in [0, 0.05) is 0 Å². The van der Waals surface area contributed by atoms with E-state index in [1.165, 1.54) is 12.1 Å². The highest BCUT2D eigenvalue weighted by atomic mass is 16.6. The van der Waals surface area contributed by atoms with Crippen LogP contribution in [0.3, 0.4) is 0 Å². The Balaban J connectivity index is 1.58. The Morgan fingerprint density at radius 2 is 0.926 bits per heavy atom. The number of benzene rings is 4. The topological polar surface area (TPSA) is 83.8 Å². The fraction of sp³-hybridized carbons (Fsp3) is 0. The molecular formula is C22H14O5. The number of aromatic hydroxyl groups is 2. The zero-order valence-electron chi connectivity index (χ0n) is 14.0. The van der Waals surface area contributed by atoms with Gasteiger partial charge in [0.2, 0.25) is 0 Å². The summed E-state index contributed by atoms with van der Waals surface area (Å²) in [5, 5.41) is 22.0. The van der Waals surface area contributed by atoms with E-state index in [4.69, 9.17) is 4.74 Å². The Kier molecular flexibility index (Phi) is 3.97. The van der Waals surface area contributed by atoms with Crippen LogP contribution in [0.25, 0.3) is 21.5 Å². The Bertz CT molecular complexity index is 1110. The van der Waals surface area contributed by atoms with Crippen molar-refractivity contribution >= 4 is 33.5 Å². The summed E-state index contributed by atoms with van der Waals surface area (Å²) < 4.78 is 4.99. The Labute approximate surface area is 154 Å². The fourth-order valence-corrected chi connectivity index (χ4v) is 2.92. The van der Waals surface area contributed by atoms with Crippen molar-refractivity contribution in [1.82, 2.24) is 0 Å². The van der Waals surface area contributed by atoms with Crippen molar-refractivity contribution in [2.24, 2.45) is 0 Å². The van der Waals surface area contributed by atoms with Crippen LogP contribution < -0.4 is 0 Å². The normalized spacial score (nSPS) is 10.8. The Morgan fingerprint density at radius 3 is 1.37 bits per heavy atom. The van der Waals surface area contributed by atoms with Gasteiger partial charge in [-0.2, -0.15) is 0 Å². The molecule has 0 bridgehead atoms. The number of fused-ring (bicyclic) bond motifs is 2. The average Bonchev–Trinajstić information content (AvgIpc) is 2.67. The summed E-state index contributed by atoms with van der Waals surface area (Å²) in [5.74, 6) is -1.23. The van der Waals surface area contributed by atoms with Crippen molar-refractivity contribution in [2.45, 2.75) is 0 Å². The fourth-order valence-electron chi connectivity index (χ4n) is 2.92. The molecule has 132 valence electrons. The lowest BCUT2D eigenvalue weighted by Gasteiger charge is -2.06. The lowest BCUT2D eigenvalue weighted by Crippen LogP contribution is -2.12. The highest BCUT2D eigenvalue weighted by Crippen LogP contribution is 2.23. The van der Waals surface area contributed by atoms with Gasteiger partial charge in [-0.15, -0.1) is 0 Å². The van der Waals surface area contributed by atoms with Crippen LogP contribution in [-0.2, 0) is 4.74 Å². The summed E-state index contributed by atoms with van der Waals surface area (Å²) >= 11 is 0. The smallest absolute Gasteiger partial charge is 0.346 e. The van der Waals surface area contributed by atoms with Gasteiger partial charge in [0.15, 0.2) is 0 Å². The van der Waals surface area contributed by atoms with Crippen LogP contribution in [0.5, 0.6) is 11.5 Å². The molecule has 0 unspecified atom stereocenters. The third kappa shape index (κ3) is 3.30. The summed E-state index contributed by atoms with van der Waals surface area (Å²) in [4.78, 5) is 24.6. The SMILES string of the molecule is O=C(OC(=O)c1ccc2cc(O)ccc2c1)c1ccc2cc(O)ccc2c1. The molecule has 0 atom stereocenters. The van der Waals surface area contributed by atoms with Gasteiger partial charge in [-0.25, -0.2) is 9.59 Å². The molecule has 4 rings (SSSR count). The number of ether oxygens (including phenoxy) is 1. The lowest BCUT2D eigenvalue weighted by atomic mass is 10.1. The van der Waals surface area contributed by atoms with E-state index in [1.807, 2.05) is 0 Å². The first kappa shape index (κ1) is 16.6. The molecule has 0 saturated heterocycles. The van der Waals surface area contributed by atoms with Crippen molar-refractivity contribution < 1.29 is 24.5 Å². The molecule has 0 radical (unpaired) electrons. The van der Waals surface area contributed by atoms with E-state index in [0.29, 0.717) is 0 Å². The molecule has 0 aromatic heterocycles. The maximum absolute atomic E-state index is 12.3. The molecule has 0 aliphatic heterocycles. The number of esters is 2. The molecule has 5 nitrogen and oxygen atoms in total. The largest absolute Gasteiger partial charge is 0.508 e. The third-order valence-electron chi connectivity index (χ3n) is 4.30. The molecule has 0 aliphatic carbocycles. The first-order valence-corrected chi connectivity index (χ1v) is 8.22. The first-order valence-electron chi connectivity index (χ1n) is 8.22. The van der Waals surface area contributed by atoms with Gasteiger partial charge >= 0.3 is 11.9 Å². The molecular weight excluding hydrogens is 344 g/mol. The predicted octanol–water partition coefficient (Wildman–Crippen LogP) is 4.40. The second kappa shape index (κ2) is 6.46. The third-order valence-corrected chi connectivity index (χ3v) is 4.30. The minimum absolute atomic E-state index is 0.137. The molecule has 2 N–H and O–H groups in total. The van der Waals surface area contributed by atoms with Crippen LogP contribution in [0, 0.1) is 0 Å². The van der Waals surface area contributed by atoms with Crippen molar-refractivity contribution in [3.63, 3.8) is 0 Å². The van der Waals surface area contributed by atoms with Gasteiger partial charge in [-0.1, -0.05) is 24.3 Å². The maximum atomic E-state index is 12.3. The number of phenols is 2. The van der Waals surface area contributed by atoms with Gasteiger partial charge in [-0.05, 0) is 70.1 Å². The molecule has 0 spiro atoms. The molecule has 0 aliphatic rings. The van der Waals surface area contributed by atoms with Crippen molar-refractivity contribution in [3.05, 3.63) is 83.9 Å². The van der Waals surface area contributed by atoms with Crippen molar-refractivity contribution in [3.8, 4) is 11.5 Å². The number of hydrogen-bond donors (Lipinski definition) is 2. The number of phenolic OH excluding ortho intramolecular Hbond substituents is 2. The predicted molar refractivity (Wildman–Crippen MR) is 101 cm³/mol.